The molecule has 0 bridgehead atoms. The quantitative estimate of drug-likeness (QED) is 0.885. The van der Waals surface area contributed by atoms with E-state index in [4.69, 9.17) is 4.74 Å². The molecule has 1 N–H and O–H groups in total. The second kappa shape index (κ2) is 7.00. The first-order valence-corrected chi connectivity index (χ1v) is 8.08. The number of aromatic nitrogens is 3. The molecule has 1 saturated heterocycles. The molecule has 0 saturated carbocycles. The molecule has 1 aliphatic heterocycles. The predicted octanol–water partition coefficient (Wildman–Crippen LogP) is 1.02. The minimum absolute atomic E-state index is 0.0253. The molecule has 7 heteroatoms. The van der Waals surface area contributed by atoms with Gasteiger partial charge in [-0.15, -0.1) is 5.10 Å². The number of nitrogens with zero attached hydrogens (tertiary/aromatic N) is 4. The molecule has 0 aliphatic carbocycles. The lowest BCUT2D eigenvalue weighted by molar-refractivity contribution is -0.141. The fourth-order valence-electron chi connectivity index (χ4n) is 2.94. The number of carbonyl (C=O) groups excluding carboxylic acids is 1. The van der Waals surface area contributed by atoms with E-state index in [1.54, 1.807) is 22.0 Å². The molecule has 1 aliphatic rings. The zero-order valence-electron chi connectivity index (χ0n) is 13.8. The maximum absolute atomic E-state index is 12.4. The first-order valence-electron chi connectivity index (χ1n) is 8.08. The average molecular weight is 330 g/mol. The summed E-state index contributed by atoms with van der Waals surface area (Å²) in [6, 6.07) is 7.58. The number of piperidine rings is 1. The van der Waals surface area contributed by atoms with Crippen molar-refractivity contribution in [3.05, 3.63) is 42.2 Å². The third-order valence-electron chi connectivity index (χ3n) is 4.22. The molecule has 7 nitrogen and oxygen atoms in total. The molecule has 0 radical (unpaired) electrons. The van der Waals surface area contributed by atoms with Crippen LogP contribution in [-0.2, 0) is 11.3 Å². The molecule has 1 fully saturated rings. The lowest BCUT2D eigenvalue weighted by atomic mass is 9.93. The fourth-order valence-corrected chi connectivity index (χ4v) is 2.94. The maximum Gasteiger partial charge on any atom is 0.260 e. The Bertz CT molecular complexity index is 672. The molecule has 1 amide bonds. The maximum atomic E-state index is 12.4. The van der Waals surface area contributed by atoms with Crippen LogP contribution >= 0.6 is 0 Å². The number of hydrogen-bond acceptors (Lipinski definition) is 5. The van der Waals surface area contributed by atoms with Gasteiger partial charge in [0.1, 0.15) is 11.4 Å². The number of hydrogen-bond donors (Lipinski definition) is 1. The summed E-state index contributed by atoms with van der Waals surface area (Å²) in [4.78, 5) is 14.0. The first kappa shape index (κ1) is 16.4. The number of aliphatic hydroxyl groups is 1. The Kier molecular flexibility index (Phi) is 4.80. The highest BCUT2D eigenvalue weighted by atomic mass is 16.5. The number of carbonyl (C=O) groups is 1. The summed E-state index contributed by atoms with van der Waals surface area (Å²) in [6.07, 6.45) is 4.67. The summed E-state index contributed by atoms with van der Waals surface area (Å²) in [6.45, 7) is 3.22. The van der Waals surface area contributed by atoms with Crippen molar-refractivity contribution in [1.82, 2.24) is 19.9 Å². The van der Waals surface area contributed by atoms with Gasteiger partial charge in [0.2, 0.25) is 0 Å². The molecule has 1 aromatic carbocycles. The fraction of sp³-hybridized carbons (Fsp3) is 0.471. The van der Waals surface area contributed by atoms with Crippen LogP contribution in [0.15, 0.2) is 36.7 Å². The second-order valence-electron chi connectivity index (χ2n) is 6.35. The van der Waals surface area contributed by atoms with Gasteiger partial charge in [-0.3, -0.25) is 4.79 Å². The SMILES string of the molecule is Cc1ccc(OCC(=O)N2CCCC(O)(Cn3ccnn3)C2)cc1. The van der Waals surface area contributed by atoms with Crippen LogP contribution in [0.2, 0.25) is 0 Å². The molecule has 2 aromatic rings. The van der Waals surface area contributed by atoms with Crippen molar-refractivity contribution in [2.24, 2.45) is 0 Å². The van der Waals surface area contributed by atoms with Crippen LogP contribution in [0.25, 0.3) is 0 Å². The Balaban J connectivity index is 1.55. The zero-order valence-corrected chi connectivity index (χ0v) is 13.8. The minimum atomic E-state index is -0.981. The highest BCUT2D eigenvalue weighted by Gasteiger charge is 2.35. The number of benzene rings is 1. The van der Waals surface area contributed by atoms with Gasteiger partial charge in [-0.25, -0.2) is 4.68 Å². The van der Waals surface area contributed by atoms with E-state index in [0.717, 1.165) is 12.0 Å². The summed E-state index contributed by atoms with van der Waals surface area (Å²) < 4.78 is 7.14. The van der Waals surface area contributed by atoms with Crippen molar-refractivity contribution in [3.63, 3.8) is 0 Å². The highest BCUT2D eigenvalue weighted by molar-refractivity contribution is 5.78. The van der Waals surface area contributed by atoms with Crippen molar-refractivity contribution in [2.45, 2.75) is 31.9 Å². The zero-order chi connectivity index (χ0) is 17.0. The van der Waals surface area contributed by atoms with Crippen LogP contribution in [0.1, 0.15) is 18.4 Å². The van der Waals surface area contributed by atoms with Gasteiger partial charge >= 0.3 is 0 Å². The van der Waals surface area contributed by atoms with Gasteiger partial charge in [-0.1, -0.05) is 22.9 Å². The minimum Gasteiger partial charge on any atom is -0.484 e. The van der Waals surface area contributed by atoms with Crippen LogP contribution in [0, 0.1) is 6.92 Å². The van der Waals surface area contributed by atoms with Gasteiger partial charge in [0.05, 0.1) is 19.3 Å². The molecule has 3 rings (SSSR count). The van der Waals surface area contributed by atoms with E-state index >= 15 is 0 Å². The standard InChI is InChI=1S/C17H22N4O3/c1-14-3-5-15(6-4-14)24-11-16(22)20-9-2-7-17(23,12-20)13-21-10-8-18-19-21/h3-6,8,10,23H,2,7,9,11-13H2,1H3. The molecule has 128 valence electrons. The van der Waals surface area contributed by atoms with Gasteiger partial charge in [0, 0.05) is 12.7 Å². The third-order valence-corrected chi connectivity index (χ3v) is 4.22. The second-order valence-corrected chi connectivity index (χ2v) is 6.35. The van der Waals surface area contributed by atoms with Gasteiger partial charge in [0.15, 0.2) is 6.61 Å². The van der Waals surface area contributed by atoms with E-state index < -0.39 is 5.60 Å². The number of aryl methyl sites for hydroxylation is 1. The smallest absolute Gasteiger partial charge is 0.260 e. The molecular formula is C17H22N4O3. The monoisotopic (exact) mass is 330 g/mol. The summed E-state index contributed by atoms with van der Waals surface area (Å²) in [5, 5.41) is 18.4. The van der Waals surface area contributed by atoms with Crippen molar-refractivity contribution >= 4 is 5.91 Å². The lowest BCUT2D eigenvalue weighted by Gasteiger charge is -2.39. The van der Waals surface area contributed by atoms with Crippen LogP contribution < -0.4 is 4.74 Å². The van der Waals surface area contributed by atoms with E-state index in [-0.39, 0.29) is 19.1 Å². The Morgan fingerprint density at radius 3 is 2.88 bits per heavy atom. The lowest BCUT2D eigenvalue weighted by Crippen LogP contribution is -2.53. The van der Waals surface area contributed by atoms with E-state index in [2.05, 4.69) is 10.3 Å². The summed E-state index contributed by atoms with van der Waals surface area (Å²) in [5.41, 5.74) is 0.161. The molecular weight excluding hydrogens is 308 g/mol. The Morgan fingerprint density at radius 2 is 2.17 bits per heavy atom. The van der Waals surface area contributed by atoms with Crippen molar-refractivity contribution in [1.29, 1.82) is 0 Å². The van der Waals surface area contributed by atoms with Crippen LogP contribution in [0.3, 0.4) is 0 Å². The molecule has 1 atom stereocenters. The number of likely N-dealkylation sites (tertiary alicyclic amines) is 1. The Hall–Kier alpha value is -2.41. The van der Waals surface area contributed by atoms with Gasteiger partial charge in [-0.2, -0.15) is 0 Å². The first-order chi connectivity index (χ1) is 11.5. The van der Waals surface area contributed by atoms with Crippen LogP contribution in [0.4, 0.5) is 0 Å². The summed E-state index contributed by atoms with van der Waals surface area (Å²) in [5.74, 6) is 0.552. The molecule has 1 unspecified atom stereocenters. The highest BCUT2D eigenvalue weighted by Crippen LogP contribution is 2.23. The number of rotatable bonds is 5. The average Bonchev–Trinajstić information content (AvgIpc) is 3.06. The summed E-state index contributed by atoms with van der Waals surface area (Å²) in [7, 11) is 0. The van der Waals surface area contributed by atoms with Crippen molar-refractivity contribution < 1.29 is 14.6 Å². The van der Waals surface area contributed by atoms with Crippen LogP contribution in [0.5, 0.6) is 5.75 Å². The van der Waals surface area contributed by atoms with Gasteiger partial charge < -0.3 is 14.7 Å². The molecule has 1 aromatic heterocycles. The Morgan fingerprint density at radius 1 is 1.38 bits per heavy atom. The number of ether oxygens (including phenoxy) is 1. The van der Waals surface area contributed by atoms with E-state index in [1.807, 2.05) is 31.2 Å². The van der Waals surface area contributed by atoms with Gasteiger partial charge in [-0.05, 0) is 31.9 Å². The van der Waals surface area contributed by atoms with Gasteiger partial charge in [0.25, 0.3) is 5.91 Å². The topological polar surface area (TPSA) is 80.5 Å². The largest absolute Gasteiger partial charge is 0.484 e. The van der Waals surface area contributed by atoms with Crippen molar-refractivity contribution in [3.8, 4) is 5.75 Å². The number of β-amino-alcohol motifs (C(OH)–C–C–N with tert-alkyl or cyclic N) is 1. The molecule has 0 spiro atoms. The normalized spacial score (nSPS) is 20.8. The predicted molar refractivity (Wildman–Crippen MR) is 87.5 cm³/mol. The number of amides is 1. The Labute approximate surface area is 140 Å². The summed E-state index contributed by atoms with van der Waals surface area (Å²) >= 11 is 0. The third kappa shape index (κ3) is 4.11. The molecule has 24 heavy (non-hydrogen) atoms. The van der Waals surface area contributed by atoms with Crippen molar-refractivity contribution in [2.75, 3.05) is 19.7 Å². The van der Waals surface area contributed by atoms with E-state index in [9.17, 15) is 9.90 Å². The van der Waals surface area contributed by atoms with E-state index in [1.165, 1.54) is 0 Å². The van der Waals surface area contributed by atoms with E-state index in [0.29, 0.717) is 25.3 Å². The van der Waals surface area contributed by atoms with Crippen LogP contribution in [-0.4, -0.2) is 56.2 Å². The molecule has 2 heterocycles.